The molecule has 0 aliphatic heterocycles. The Labute approximate surface area is 94.7 Å². The van der Waals surface area contributed by atoms with Crippen LogP contribution >= 0.6 is 0 Å². The normalized spacial score (nSPS) is 15.1. The molecule has 6 nitrogen and oxygen atoms in total. The van der Waals surface area contributed by atoms with E-state index in [0.717, 1.165) is 0 Å². The van der Waals surface area contributed by atoms with Crippen molar-refractivity contribution in [3.05, 3.63) is 0 Å². The predicted molar refractivity (Wildman–Crippen MR) is 56.4 cm³/mol. The standard InChI is InChI=1S/C10H19NO5/c1-5-6-10(11,14)7(12)15-8(13)16-9(2,3)4/h14H,5-6,11H2,1-4H3/t10-/m0/s1. The predicted octanol–water partition coefficient (Wildman–Crippen LogP) is 0.912. The van der Waals surface area contributed by atoms with Crippen LogP contribution in [-0.4, -0.2) is 28.6 Å². The Morgan fingerprint density at radius 1 is 1.31 bits per heavy atom. The Bertz CT molecular complexity index is 267. The molecule has 0 amide bonds. The van der Waals surface area contributed by atoms with Gasteiger partial charge in [-0.05, 0) is 20.8 Å². The molecule has 0 rings (SSSR count). The van der Waals surface area contributed by atoms with E-state index >= 15 is 0 Å². The number of aliphatic hydroxyl groups is 1. The van der Waals surface area contributed by atoms with Crippen molar-refractivity contribution < 1.29 is 24.2 Å². The van der Waals surface area contributed by atoms with Gasteiger partial charge in [0.2, 0.25) is 5.72 Å². The molecule has 0 aromatic heterocycles. The number of nitrogens with two attached hydrogens (primary N) is 1. The summed E-state index contributed by atoms with van der Waals surface area (Å²) in [4.78, 5) is 22.3. The Hall–Kier alpha value is -1.14. The highest BCUT2D eigenvalue weighted by Gasteiger charge is 2.35. The van der Waals surface area contributed by atoms with Gasteiger partial charge in [-0.15, -0.1) is 0 Å². The van der Waals surface area contributed by atoms with Gasteiger partial charge in [0.15, 0.2) is 0 Å². The van der Waals surface area contributed by atoms with Gasteiger partial charge in [-0.1, -0.05) is 13.3 Å². The van der Waals surface area contributed by atoms with Crippen molar-refractivity contribution in [2.24, 2.45) is 5.73 Å². The summed E-state index contributed by atoms with van der Waals surface area (Å²) in [7, 11) is 0. The molecule has 1 atom stereocenters. The minimum atomic E-state index is -2.15. The molecule has 0 heterocycles. The fourth-order valence-corrected chi connectivity index (χ4v) is 0.918. The molecular weight excluding hydrogens is 214 g/mol. The lowest BCUT2D eigenvalue weighted by atomic mass is 10.1. The van der Waals surface area contributed by atoms with E-state index in [2.05, 4.69) is 4.74 Å². The first kappa shape index (κ1) is 14.9. The molecule has 0 spiro atoms. The summed E-state index contributed by atoms with van der Waals surface area (Å²) in [6, 6.07) is 0. The van der Waals surface area contributed by atoms with Crippen LogP contribution in [0.3, 0.4) is 0 Å². The summed E-state index contributed by atoms with van der Waals surface area (Å²) in [5.74, 6) is -1.20. The van der Waals surface area contributed by atoms with Crippen molar-refractivity contribution in [2.75, 3.05) is 0 Å². The van der Waals surface area contributed by atoms with Crippen molar-refractivity contribution in [1.29, 1.82) is 0 Å². The molecule has 0 saturated heterocycles. The molecule has 0 bridgehead atoms. The largest absolute Gasteiger partial charge is 0.516 e. The van der Waals surface area contributed by atoms with E-state index in [1.54, 1.807) is 27.7 Å². The van der Waals surface area contributed by atoms with Crippen LogP contribution in [-0.2, 0) is 14.3 Å². The first-order chi connectivity index (χ1) is 7.08. The van der Waals surface area contributed by atoms with Crippen LogP contribution in [0.1, 0.15) is 40.5 Å². The van der Waals surface area contributed by atoms with Crippen molar-refractivity contribution >= 4 is 12.1 Å². The second-order valence-electron chi connectivity index (χ2n) is 4.53. The molecule has 0 fully saturated rings. The molecule has 6 heteroatoms. The number of carbonyl (C=O) groups excluding carboxylic acids is 2. The van der Waals surface area contributed by atoms with Gasteiger partial charge in [-0.25, -0.2) is 9.59 Å². The smallest absolute Gasteiger partial charge is 0.428 e. The third kappa shape index (κ3) is 5.67. The lowest BCUT2D eigenvalue weighted by molar-refractivity contribution is -0.162. The monoisotopic (exact) mass is 233 g/mol. The van der Waals surface area contributed by atoms with Gasteiger partial charge < -0.3 is 14.6 Å². The van der Waals surface area contributed by atoms with Crippen molar-refractivity contribution in [3.8, 4) is 0 Å². The second kappa shape index (κ2) is 5.27. The third-order valence-corrected chi connectivity index (χ3v) is 1.55. The molecule has 0 aliphatic carbocycles. The van der Waals surface area contributed by atoms with Crippen LogP contribution in [0.15, 0.2) is 0 Å². The van der Waals surface area contributed by atoms with E-state index in [4.69, 9.17) is 10.5 Å². The highest BCUT2D eigenvalue weighted by molar-refractivity contribution is 5.87. The average molecular weight is 233 g/mol. The molecule has 0 aromatic rings. The lowest BCUT2D eigenvalue weighted by Gasteiger charge is -2.22. The first-order valence-electron chi connectivity index (χ1n) is 5.05. The lowest BCUT2D eigenvalue weighted by Crippen LogP contribution is -2.49. The fraction of sp³-hybridized carbons (Fsp3) is 0.800. The number of esters is 1. The molecular formula is C10H19NO5. The number of hydrogen-bond donors (Lipinski definition) is 2. The molecule has 0 aromatic carbocycles. The first-order valence-corrected chi connectivity index (χ1v) is 5.05. The van der Waals surface area contributed by atoms with Crippen LogP contribution < -0.4 is 5.73 Å². The average Bonchev–Trinajstić information content (AvgIpc) is 1.99. The van der Waals surface area contributed by atoms with Gasteiger partial charge in [-0.3, -0.25) is 5.73 Å². The second-order valence-corrected chi connectivity index (χ2v) is 4.53. The van der Waals surface area contributed by atoms with Gasteiger partial charge in [0.25, 0.3) is 0 Å². The van der Waals surface area contributed by atoms with E-state index in [-0.39, 0.29) is 6.42 Å². The molecule has 0 radical (unpaired) electrons. The summed E-state index contributed by atoms with van der Waals surface area (Å²) in [6.07, 6.45) is -0.678. The van der Waals surface area contributed by atoms with E-state index in [0.29, 0.717) is 6.42 Å². The van der Waals surface area contributed by atoms with Gasteiger partial charge in [-0.2, -0.15) is 0 Å². The third-order valence-electron chi connectivity index (χ3n) is 1.55. The van der Waals surface area contributed by atoms with Crippen LogP contribution in [0.25, 0.3) is 0 Å². The van der Waals surface area contributed by atoms with E-state index in [1.807, 2.05) is 0 Å². The Balaban J connectivity index is 4.30. The van der Waals surface area contributed by atoms with Crippen LogP contribution in [0.4, 0.5) is 4.79 Å². The zero-order chi connectivity index (χ0) is 13.0. The van der Waals surface area contributed by atoms with Crippen molar-refractivity contribution in [2.45, 2.75) is 51.9 Å². The van der Waals surface area contributed by atoms with Crippen molar-refractivity contribution in [1.82, 2.24) is 0 Å². The minimum absolute atomic E-state index is 0.00856. The highest BCUT2D eigenvalue weighted by atomic mass is 16.8. The van der Waals surface area contributed by atoms with Crippen LogP contribution in [0.5, 0.6) is 0 Å². The van der Waals surface area contributed by atoms with Gasteiger partial charge >= 0.3 is 12.1 Å². The van der Waals surface area contributed by atoms with Gasteiger partial charge in [0, 0.05) is 6.42 Å². The zero-order valence-electron chi connectivity index (χ0n) is 10.1. The number of rotatable bonds is 3. The molecule has 0 unspecified atom stereocenters. The maximum atomic E-state index is 11.3. The van der Waals surface area contributed by atoms with E-state index in [1.165, 1.54) is 0 Å². The summed E-state index contributed by atoms with van der Waals surface area (Å²) in [6.45, 7) is 6.61. The number of carbonyl (C=O) groups is 2. The van der Waals surface area contributed by atoms with Crippen LogP contribution in [0, 0.1) is 0 Å². The SMILES string of the molecule is CCC[C@](N)(O)C(=O)OC(=O)OC(C)(C)C. The molecule has 3 N–H and O–H groups in total. The summed E-state index contributed by atoms with van der Waals surface area (Å²) >= 11 is 0. The number of ether oxygens (including phenoxy) is 2. The molecule has 0 aliphatic rings. The van der Waals surface area contributed by atoms with Crippen molar-refractivity contribution in [3.63, 3.8) is 0 Å². The summed E-state index contributed by atoms with van der Waals surface area (Å²) < 4.78 is 9.00. The summed E-state index contributed by atoms with van der Waals surface area (Å²) in [5.41, 5.74) is 2.34. The summed E-state index contributed by atoms with van der Waals surface area (Å²) in [5, 5.41) is 9.43. The highest BCUT2D eigenvalue weighted by Crippen LogP contribution is 2.12. The quantitative estimate of drug-likeness (QED) is 0.427. The van der Waals surface area contributed by atoms with Gasteiger partial charge in [0.05, 0.1) is 0 Å². The van der Waals surface area contributed by atoms with E-state index in [9.17, 15) is 14.7 Å². The molecule has 16 heavy (non-hydrogen) atoms. The Morgan fingerprint density at radius 3 is 2.19 bits per heavy atom. The van der Waals surface area contributed by atoms with Gasteiger partial charge in [0.1, 0.15) is 5.60 Å². The van der Waals surface area contributed by atoms with E-state index < -0.39 is 23.5 Å². The fourth-order valence-electron chi connectivity index (χ4n) is 0.918. The van der Waals surface area contributed by atoms with Crippen LogP contribution in [0.2, 0.25) is 0 Å². The maximum Gasteiger partial charge on any atom is 0.516 e. The molecule has 94 valence electrons. The molecule has 0 saturated carbocycles. The zero-order valence-corrected chi connectivity index (χ0v) is 10.1. The Morgan fingerprint density at radius 2 is 1.81 bits per heavy atom. The minimum Gasteiger partial charge on any atom is -0.428 e. The Kier molecular flexibility index (Phi) is 4.89. The maximum absolute atomic E-state index is 11.3. The number of hydrogen-bond acceptors (Lipinski definition) is 6. The topological polar surface area (TPSA) is 98.9 Å².